The van der Waals surface area contributed by atoms with E-state index in [2.05, 4.69) is 6.92 Å². The molecule has 0 aliphatic carbocycles. The van der Waals surface area contributed by atoms with Gasteiger partial charge in [0.2, 0.25) is 5.91 Å². The lowest BCUT2D eigenvalue weighted by Crippen LogP contribution is -2.47. The largest absolute Gasteiger partial charge is 0.494 e. The molecule has 0 spiro atoms. The van der Waals surface area contributed by atoms with Crippen LogP contribution in [-0.2, 0) is 11.3 Å². The smallest absolute Gasteiger partial charge is 0.337 e. The standard InChI is InChI=1S/C25H31N3O4S/c1-5-18-9-7-8-14-26(18)21(29)15-27-24-22(16(3)17(4)33-24)23(30)28(25(27)31)19-10-12-20(13-11-19)32-6-2/h10-13,18H,5-9,14-15H2,1-4H3. The zero-order chi connectivity index (χ0) is 23.7. The lowest BCUT2D eigenvalue weighted by molar-refractivity contribution is -0.135. The minimum atomic E-state index is -0.490. The van der Waals surface area contributed by atoms with Crippen LogP contribution in [0.15, 0.2) is 33.9 Å². The van der Waals surface area contributed by atoms with E-state index in [9.17, 15) is 14.4 Å². The molecule has 1 amide bonds. The number of ether oxygens (including phenoxy) is 1. The fourth-order valence-corrected chi connectivity index (χ4v) is 5.80. The van der Waals surface area contributed by atoms with Crippen molar-refractivity contribution in [2.24, 2.45) is 0 Å². The number of thiophene rings is 1. The van der Waals surface area contributed by atoms with Crippen LogP contribution in [0, 0.1) is 13.8 Å². The SMILES string of the molecule is CCOc1ccc(-n2c(=O)c3c(C)c(C)sc3n(CC(=O)N3CCCCC3CC)c2=O)cc1. The molecule has 0 saturated carbocycles. The highest BCUT2D eigenvalue weighted by molar-refractivity contribution is 7.18. The van der Waals surface area contributed by atoms with Crippen molar-refractivity contribution in [2.45, 2.75) is 66.0 Å². The van der Waals surface area contributed by atoms with Crippen LogP contribution in [0.25, 0.3) is 15.9 Å². The molecule has 4 rings (SSSR count). The second-order valence-corrected chi connectivity index (χ2v) is 9.75. The predicted octanol–water partition coefficient (Wildman–Crippen LogP) is 4.02. The van der Waals surface area contributed by atoms with Crippen molar-refractivity contribution < 1.29 is 9.53 Å². The number of likely N-dealkylation sites (tertiary alicyclic amines) is 1. The molecular formula is C25H31N3O4S. The number of hydrogen-bond donors (Lipinski definition) is 0. The molecule has 3 heterocycles. The number of aromatic nitrogens is 2. The second kappa shape index (κ2) is 9.55. The number of amides is 1. The van der Waals surface area contributed by atoms with Crippen LogP contribution in [0.5, 0.6) is 5.75 Å². The Kier molecular flexibility index (Phi) is 6.74. The molecule has 1 atom stereocenters. The van der Waals surface area contributed by atoms with Crippen molar-refractivity contribution in [3.63, 3.8) is 0 Å². The molecule has 1 aromatic carbocycles. The van der Waals surface area contributed by atoms with Crippen molar-refractivity contribution in [2.75, 3.05) is 13.2 Å². The molecule has 0 radical (unpaired) electrons. The van der Waals surface area contributed by atoms with E-state index in [1.165, 1.54) is 20.5 Å². The van der Waals surface area contributed by atoms with Gasteiger partial charge in [-0.05, 0) is 76.3 Å². The highest BCUT2D eigenvalue weighted by Gasteiger charge is 2.27. The number of carbonyl (C=O) groups excluding carboxylic acids is 1. The van der Waals surface area contributed by atoms with Gasteiger partial charge in [-0.3, -0.25) is 14.2 Å². The summed E-state index contributed by atoms with van der Waals surface area (Å²) in [5.41, 5.74) is 0.472. The van der Waals surface area contributed by atoms with Gasteiger partial charge in [0, 0.05) is 17.5 Å². The summed E-state index contributed by atoms with van der Waals surface area (Å²) in [7, 11) is 0. The zero-order valence-electron chi connectivity index (χ0n) is 19.7. The second-order valence-electron chi connectivity index (χ2n) is 8.54. The van der Waals surface area contributed by atoms with E-state index in [0.717, 1.165) is 42.7 Å². The summed E-state index contributed by atoms with van der Waals surface area (Å²) in [6, 6.07) is 7.11. The Morgan fingerprint density at radius 2 is 1.85 bits per heavy atom. The third-order valence-electron chi connectivity index (χ3n) is 6.57. The first-order chi connectivity index (χ1) is 15.9. The van der Waals surface area contributed by atoms with Gasteiger partial charge < -0.3 is 9.64 Å². The summed E-state index contributed by atoms with van der Waals surface area (Å²) in [6.07, 6.45) is 4.00. The van der Waals surface area contributed by atoms with Crippen LogP contribution in [0.3, 0.4) is 0 Å². The van der Waals surface area contributed by atoms with E-state index in [1.807, 2.05) is 25.7 Å². The number of aryl methyl sites for hydroxylation is 2. The van der Waals surface area contributed by atoms with Crippen LogP contribution < -0.4 is 16.0 Å². The van der Waals surface area contributed by atoms with Gasteiger partial charge in [0.1, 0.15) is 17.1 Å². The van der Waals surface area contributed by atoms with E-state index < -0.39 is 5.69 Å². The van der Waals surface area contributed by atoms with Crippen molar-refractivity contribution in [1.29, 1.82) is 0 Å². The molecular weight excluding hydrogens is 438 g/mol. The summed E-state index contributed by atoms with van der Waals surface area (Å²) >= 11 is 1.40. The monoisotopic (exact) mass is 469 g/mol. The van der Waals surface area contributed by atoms with Crippen LogP contribution in [0.1, 0.15) is 50.0 Å². The van der Waals surface area contributed by atoms with Crippen LogP contribution in [0.4, 0.5) is 0 Å². The molecule has 3 aromatic rings. The lowest BCUT2D eigenvalue weighted by atomic mass is 10.00. The zero-order valence-corrected chi connectivity index (χ0v) is 20.5. The fourth-order valence-electron chi connectivity index (χ4n) is 4.66. The van der Waals surface area contributed by atoms with Crippen LogP contribution in [0.2, 0.25) is 0 Å². The summed E-state index contributed by atoms with van der Waals surface area (Å²) in [4.78, 5) is 43.9. The maximum absolute atomic E-state index is 13.6. The number of nitrogens with zero attached hydrogens (tertiary/aromatic N) is 3. The first-order valence-electron chi connectivity index (χ1n) is 11.7. The average molecular weight is 470 g/mol. The van der Waals surface area contributed by atoms with Gasteiger partial charge in [0.25, 0.3) is 5.56 Å². The van der Waals surface area contributed by atoms with Gasteiger partial charge in [-0.1, -0.05) is 6.92 Å². The van der Waals surface area contributed by atoms with Gasteiger partial charge >= 0.3 is 5.69 Å². The molecule has 176 valence electrons. The molecule has 1 saturated heterocycles. The molecule has 0 bridgehead atoms. The van der Waals surface area contributed by atoms with Crippen LogP contribution in [-0.4, -0.2) is 39.1 Å². The summed E-state index contributed by atoms with van der Waals surface area (Å²) in [5.74, 6) is 0.606. The Balaban J connectivity index is 1.85. The summed E-state index contributed by atoms with van der Waals surface area (Å²) < 4.78 is 8.16. The van der Waals surface area contributed by atoms with Gasteiger partial charge in [-0.2, -0.15) is 0 Å². The third kappa shape index (κ3) is 4.24. The van der Waals surface area contributed by atoms with E-state index >= 15 is 0 Å². The molecule has 7 nitrogen and oxygen atoms in total. The van der Waals surface area contributed by atoms with Crippen molar-refractivity contribution in [3.05, 3.63) is 55.5 Å². The minimum absolute atomic E-state index is 0.0643. The number of fused-ring (bicyclic) bond motifs is 1. The summed E-state index contributed by atoms with van der Waals surface area (Å²) in [6.45, 7) is 9.01. The molecule has 1 unspecified atom stereocenters. The Morgan fingerprint density at radius 1 is 1.12 bits per heavy atom. The Bertz CT molecular complexity index is 1290. The van der Waals surface area contributed by atoms with Gasteiger partial charge in [0.15, 0.2) is 0 Å². The minimum Gasteiger partial charge on any atom is -0.494 e. The van der Waals surface area contributed by atoms with E-state index in [0.29, 0.717) is 28.3 Å². The first-order valence-corrected chi connectivity index (χ1v) is 12.5. The number of piperidine rings is 1. The topological polar surface area (TPSA) is 73.5 Å². The number of carbonyl (C=O) groups is 1. The van der Waals surface area contributed by atoms with Gasteiger partial charge in [-0.15, -0.1) is 11.3 Å². The lowest BCUT2D eigenvalue weighted by Gasteiger charge is -2.35. The quantitative estimate of drug-likeness (QED) is 0.547. The predicted molar refractivity (Wildman–Crippen MR) is 132 cm³/mol. The molecule has 1 aliphatic heterocycles. The Labute approximate surface area is 197 Å². The molecule has 33 heavy (non-hydrogen) atoms. The molecule has 8 heteroatoms. The maximum Gasteiger partial charge on any atom is 0.337 e. The van der Waals surface area contributed by atoms with Crippen molar-refractivity contribution >= 4 is 27.5 Å². The van der Waals surface area contributed by atoms with E-state index in [4.69, 9.17) is 4.74 Å². The van der Waals surface area contributed by atoms with Crippen molar-refractivity contribution in [1.82, 2.24) is 14.0 Å². The highest BCUT2D eigenvalue weighted by atomic mass is 32.1. The van der Waals surface area contributed by atoms with Crippen molar-refractivity contribution in [3.8, 4) is 11.4 Å². The Hall–Kier alpha value is -2.87. The van der Waals surface area contributed by atoms with E-state index in [-0.39, 0.29) is 24.1 Å². The number of hydrogen-bond acceptors (Lipinski definition) is 5. The average Bonchev–Trinajstić information content (AvgIpc) is 3.12. The fraction of sp³-hybridized carbons (Fsp3) is 0.480. The highest BCUT2D eigenvalue weighted by Crippen LogP contribution is 2.28. The maximum atomic E-state index is 13.6. The van der Waals surface area contributed by atoms with Crippen LogP contribution >= 0.6 is 11.3 Å². The van der Waals surface area contributed by atoms with Gasteiger partial charge in [0.05, 0.1) is 17.7 Å². The van der Waals surface area contributed by atoms with E-state index in [1.54, 1.807) is 24.3 Å². The number of benzene rings is 1. The third-order valence-corrected chi connectivity index (χ3v) is 7.80. The normalized spacial score (nSPS) is 16.4. The summed E-state index contributed by atoms with van der Waals surface area (Å²) in [5, 5.41) is 0.504. The first kappa shape index (κ1) is 23.3. The molecule has 0 N–H and O–H groups in total. The molecule has 1 aliphatic rings. The van der Waals surface area contributed by atoms with Gasteiger partial charge in [-0.25, -0.2) is 9.36 Å². The number of rotatable bonds is 6. The molecule has 2 aromatic heterocycles. The Morgan fingerprint density at radius 3 is 2.52 bits per heavy atom. The molecule has 1 fully saturated rings.